The Balaban J connectivity index is 2.46. The van der Waals surface area contributed by atoms with Gasteiger partial charge in [-0.25, -0.2) is 4.79 Å². The van der Waals surface area contributed by atoms with Crippen LogP contribution in [0.2, 0.25) is 0 Å². The highest BCUT2D eigenvalue weighted by Gasteiger charge is 2.43. The predicted octanol–water partition coefficient (Wildman–Crippen LogP) is -1.82. The van der Waals surface area contributed by atoms with Crippen LogP contribution in [0, 0.1) is 0 Å². The highest BCUT2D eigenvalue weighted by molar-refractivity contribution is 5.45. The molecule has 1 aliphatic heterocycles. The standard InChI is InChI=1S/C12H16N2O6/c1-2-3-6-4-14(12(19)13-10(6)18)11-9(17)8(16)7(5-15)20-11/h2-4,7-9,11,15-17H,5H2,1H3,(H,13,18,19)/b3-2-. The molecule has 110 valence electrons. The number of hydrogen-bond donors (Lipinski definition) is 4. The summed E-state index contributed by atoms with van der Waals surface area (Å²) in [6.45, 7) is 1.22. The largest absolute Gasteiger partial charge is 0.394 e. The lowest BCUT2D eigenvalue weighted by molar-refractivity contribution is -0.0550. The predicted molar refractivity (Wildman–Crippen MR) is 69.0 cm³/mol. The second-order valence-corrected chi connectivity index (χ2v) is 4.48. The molecule has 0 spiro atoms. The van der Waals surface area contributed by atoms with Crippen molar-refractivity contribution in [2.24, 2.45) is 0 Å². The summed E-state index contributed by atoms with van der Waals surface area (Å²) in [6, 6.07) is 0. The number of hydrogen-bond acceptors (Lipinski definition) is 6. The van der Waals surface area contributed by atoms with E-state index >= 15 is 0 Å². The lowest BCUT2D eigenvalue weighted by atomic mass is 10.1. The minimum Gasteiger partial charge on any atom is -0.394 e. The van der Waals surface area contributed by atoms with Gasteiger partial charge in [-0.3, -0.25) is 14.3 Å². The second kappa shape index (κ2) is 5.71. The van der Waals surface area contributed by atoms with Gasteiger partial charge in [0.15, 0.2) is 6.23 Å². The van der Waals surface area contributed by atoms with Crippen molar-refractivity contribution in [2.75, 3.05) is 6.61 Å². The molecule has 2 rings (SSSR count). The Morgan fingerprint density at radius 1 is 1.40 bits per heavy atom. The van der Waals surface area contributed by atoms with Gasteiger partial charge in [0.1, 0.15) is 18.3 Å². The van der Waals surface area contributed by atoms with Crippen LogP contribution in [0.25, 0.3) is 6.08 Å². The van der Waals surface area contributed by atoms with Crippen LogP contribution in [0.3, 0.4) is 0 Å². The summed E-state index contributed by atoms with van der Waals surface area (Å²) in [6.07, 6.45) is -0.494. The van der Waals surface area contributed by atoms with Gasteiger partial charge >= 0.3 is 5.69 Å². The molecule has 4 atom stereocenters. The number of nitrogens with zero attached hydrogens (tertiary/aromatic N) is 1. The summed E-state index contributed by atoms with van der Waals surface area (Å²) in [5.41, 5.74) is -1.11. The molecule has 1 aliphatic rings. The molecule has 0 amide bonds. The van der Waals surface area contributed by atoms with Crippen molar-refractivity contribution in [2.45, 2.75) is 31.5 Å². The second-order valence-electron chi connectivity index (χ2n) is 4.48. The van der Waals surface area contributed by atoms with Crippen LogP contribution in [0.5, 0.6) is 0 Å². The van der Waals surface area contributed by atoms with Gasteiger partial charge in [0.25, 0.3) is 5.56 Å². The number of aliphatic hydroxyl groups excluding tert-OH is 3. The summed E-state index contributed by atoms with van der Waals surface area (Å²) in [4.78, 5) is 25.4. The van der Waals surface area contributed by atoms with Gasteiger partial charge in [0.05, 0.1) is 12.2 Å². The summed E-state index contributed by atoms with van der Waals surface area (Å²) in [7, 11) is 0. The normalized spacial score (nSPS) is 30.2. The van der Waals surface area contributed by atoms with E-state index < -0.39 is 42.4 Å². The lowest BCUT2D eigenvalue weighted by Gasteiger charge is -2.17. The summed E-state index contributed by atoms with van der Waals surface area (Å²) in [5, 5.41) is 28.6. The molecule has 1 aromatic rings. The number of aliphatic hydroxyl groups is 3. The Morgan fingerprint density at radius 3 is 2.65 bits per heavy atom. The molecule has 1 fully saturated rings. The molecule has 1 saturated heterocycles. The first-order valence-electron chi connectivity index (χ1n) is 6.10. The van der Waals surface area contributed by atoms with E-state index in [9.17, 15) is 19.8 Å². The highest BCUT2D eigenvalue weighted by atomic mass is 16.6. The van der Waals surface area contributed by atoms with E-state index in [0.717, 1.165) is 4.57 Å². The van der Waals surface area contributed by atoms with E-state index in [0.29, 0.717) is 0 Å². The van der Waals surface area contributed by atoms with Crippen molar-refractivity contribution < 1.29 is 20.1 Å². The maximum absolute atomic E-state index is 11.8. The molecule has 20 heavy (non-hydrogen) atoms. The molecule has 2 heterocycles. The Bertz CT molecular complexity index is 619. The van der Waals surface area contributed by atoms with Crippen LogP contribution >= 0.6 is 0 Å². The third-order valence-corrected chi connectivity index (χ3v) is 3.13. The van der Waals surface area contributed by atoms with Gasteiger partial charge in [-0.2, -0.15) is 0 Å². The maximum Gasteiger partial charge on any atom is 0.330 e. The number of aromatic amines is 1. The van der Waals surface area contributed by atoms with Crippen molar-refractivity contribution in [3.63, 3.8) is 0 Å². The molecule has 8 heteroatoms. The van der Waals surface area contributed by atoms with Gasteiger partial charge in [-0.15, -0.1) is 0 Å². The smallest absolute Gasteiger partial charge is 0.330 e. The Morgan fingerprint density at radius 2 is 2.10 bits per heavy atom. The van der Waals surface area contributed by atoms with E-state index in [1.54, 1.807) is 13.0 Å². The molecule has 0 aromatic carbocycles. The van der Waals surface area contributed by atoms with Crippen molar-refractivity contribution >= 4 is 6.08 Å². The molecule has 8 nitrogen and oxygen atoms in total. The van der Waals surface area contributed by atoms with Gasteiger partial charge in [0.2, 0.25) is 0 Å². The fourth-order valence-electron chi connectivity index (χ4n) is 2.10. The first-order valence-corrected chi connectivity index (χ1v) is 6.10. The lowest BCUT2D eigenvalue weighted by Crippen LogP contribution is -2.38. The van der Waals surface area contributed by atoms with Crippen LogP contribution in [0.4, 0.5) is 0 Å². The molecule has 0 saturated carbocycles. The van der Waals surface area contributed by atoms with Gasteiger partial charge in [-0.05, 0) is 6.92 Å². The Labute approximate surface area is 113 Å². The topological polar surface area (TPSA) is 125 Å². The quantitative estimate of drug-likeness (QED) is 0.518. The highest BCUT2D eigenvalue weighted by Crippen LogP contribution is 2.27. The van der Waals surface area contributed by atoms with Gasteiger partial charge in [-0.1, -0.05) is 12.2 Å². The first-order chi connectivity index (χ1) is 9.49. The number of nitrogens with one attached hydrogen (secondary N) is 1. The zero-order chi connectivity index (χ0) is 14.9. The fraction of sp³-hybridized carbons (Fsp3) is 0.500. The van der Waals surface area contributed by atoms with Crippen LogP contribution in [0.15, 0.2) is 21.9 Å². The molecular weight excluding hydrogens is 268 g/mol. The monoisotopic (exact) mass is 284 g/mol. The van der Waals surface area contributed by atoms with E-state index in [2.05, 4.69) is 4.98 Å². The number of aromatic nitrogens is 2. The van der Waals surface area contributed by atoms with Crippen molar-refractivity contribution in [3.8, 4) is 0 Å². The average molecular weight is 284 g/mol. The van der Waals surface area contributed by atoms with Gasteiger partial charge in [0, 0.05) is 6.20 Å². The third kappa shape index (κ3) is 2.46. The molecule has 0 bridgehead atoms. The molecule has 4 unspecified atom stereocenters. The minimum absolute atomic E-state index is 0.213. The van der Waals surface area contributed by atoms with E-state index in [1.165, 1.54) is 12.3 Å². The average Bonchev–Trinajstić information content (AvgIpc) is 2.70. The minimum atomic E-state index is -1.38. The van der Waals surface area contributed by atoms with Crippen LogP contribution in [-0.4, -0.2) is 49.8 Å². The maximum atomic E-state index is 11.8. The first kappa shape index (κ1) is 14.7. The fourth-order valence-corrected chi connectivity index (χ4v) is 2.10. The molecule has 4 N–H and O–H groups in total. The molecule has 1 aromatic heterocycles. The number of allylic oxidation sites excluding steroid dienone is 1. The molecule has 0 aliphatic carbocycles. The number of rotatable bonds is 3. The zero-order valence-corrected chi connectivity index (χ0v) is 10.8. The number of H-pyrrole nitrogens is 1. The van der Waals surface area contributed by atoms with Crippen LogP contribution < -0.4 is 11.2 Å². The van der Waals surface area contributed by atoms with Crippen molar-refractivity contribution in [1.29, 1.82) is 0 Å². The van der Waals surface area contributed by atoms with Crippen molar-refractivity contribution in [1.82, 2.24) is 9.55 Å². The van der Waals surface area contributed by atoms with E-state index in [1.807, 2.05) is 0 Å². The summed E-state index contributed by atoms with van der Waals surface area (Å²) in [5.74, 6) is 0. The SMILES string of the molecule is C/C=C\c1cn(C2OC(CO)C(O)C2O)c(=O)[nH]c1=O. The van der Waals surface area contributed by atoms with E-state index in [4.69, 9.17) is 9.84 Å². The zero-order valence-electron chi connectivity index (χ0n) is 10.8. The van der Waals surface area contributed by atoms with Crippen LogP contribution in [-0.2, 0) is 4.74 Å². The molecular formula is C12H16N2O6. The third-order valence-electron chi connectivity index (χ3n) is 3.13. The molecule has 0 radical (unpaired) electrons. The van der Waals surface area contributed by atoms with E-state index in [-0.39, 0.29) is 5.56 Å². The summed E-state index contributed by atoms with van der Waals surface area (Å²) < 4.78 is 6.23. The summed E-state index contributed by atoms with van der Waals surface area (Å²) >= 11 is 0. The number of ether oxygens (including phenoxy) is 1. The van der Waals surface area contributed by atoms with Crippen molar-refractivity contribution in [3.05, 3.63) is 38.7 Å². The van der Waals surface area contributed by atoms with Gasteiger partial charge < -0.3 is 20.1 Å². The Kier molecular flexibility index (Phi) is 4.19. The van der Waals surface area contributed by atoms with Crippen LogP contribution in [0.1, 0.15) is 18.7 Å². The Hall–Kier alpha value is -1.74.